The second kappa shape index (κ2) is 11.2. The summed E-state index contributed by atoms with van der Waals surface area (Å²) in [4.78, 5) is 13.0. The van der Waals surface area contributed by atoms with Crippen molar-refractivity contribution in [3.8, 4) is 28.4 Å². The summed E-state index contributed by atoms with van der Waals surface area (Å²) in [5, 5.41) is 8.51. The van der Waals surface area contributed by atoms with Crippen LogP contribution in [-0.2, 0) is 0 Å². The third kappa shape index (κ3) is 5.56. The maximum Gasteiger partial charge on any atom is 0.270 e. The fourth-order valence-corrected chi connectivity index (χ4v) is 3.63. The highest BCUT2D eigenvalue weighted by atomic mass is 35.5. The van der Waals surface area contributed by atoms with E-state index >= 15 is 0 Å². The Labute approximate surface area is 198 Å². The SMILES string of the molecule is CCCCCCNC(=O)c1cc(-c2ccc(OC)cc2OC)nn1-c1ccc(Cl)c(Cl)c1. The molecule has 6 nitrogen and oxygen atoms in total. The van der Waals surface area contributed by atoms with Crippen LogP contribution in [0.2, 0.25) is 10.0 Å². The molecule has 0 saturated heterocycles. The van der Waals surface area contributed by atoms with E-state index in [2.05, 4.69) is 12.2 Å². The molecule has 1 N–H and O–H groups in total. The van der Waals surface area contributed by atoms with Gasteiger partial charge in [0.2, 0.25) is 0 Å². The normalized spacial score (nSPS) is 10.8. The number of halogens is 2. The first kappa shape index (κ1) is 24.0. The molecule has 0 bridgehead atoms. The van der Waals surface area contributed by atoms with Crippen LogP contribution in [0.1, 0.15) is 43.1 Å². The Morgan fingerprint density at radius 1 is 1.00 bits per heavy atom. The molecule has 0 atom stereocenters. The van der Waals surface area contributed by atoms with Crippen LogP contribution in [-0.4, -0.2) is 36.5 Å². The van der Waals surface area contributed by atoms with Gasteiger partial charge >= 0.3 is 0 Å². The molecule has 8 heteroatoms. The van der Waals surface area contributed by atoms with Gasteiger partial charge < -0.3 is 14.8 Å². The molecule has 1 amide bonds. The lowest BCUT2D eigenvalue weighted by atomic mass is 10.1. The summed E-state index contributed by atoms with van der Waals surface area (Å²) in [5.41, 5.74) is 2.36. The molecule has 1 aromatic heterocycles. The number of hydrogen-bond acceptors (Lipinski definition) is 4. The van der Waals surface area contributed by atoms with Crippen LogP contribution < -0.4 is 14.8 Å². The molecule has 3 rings (SSSR count). The van der Waals surface area contributed by atoms with E-state index in [1.807, 2.05) is 12.1 Å². The predicted molar refractivity (Wildman–Crippen MR) is 129 cm³/mol. The Kier molecular flexibility index (Phi) is 8.42. The highest BCUT2D eigenvalue weighted by Crippen LogP contribution is 2.34. The number of methoxy groups -OCH3 is 2. The molecule has 0 aliphatic rings. The zero-order valence-electron chi connectivity index (χ0n) is 18.5. The maximum atomic E-state index is 13.0. The first-order valence-electron chi connectivity index (χ1n) is 10.5. The Balaban J connectivity index is 2.00. The van der Waals surface area contributed by atoms with Crippen LogP contribution in [0.3, 0.4) is 0 Å². The molecule has 0 fully saturated rings. The van der Waals surface area contributed by atoms with Gasteiger partial charge in [0.25, 0.3) is 5.91 Å². The average Bonchev–Trinajstić information content (AvgIpc) is 3.25. The number of carbonyl (C=O) groups is 1. The Hall–Kier alpha value is -2.70. The van der Waals surface area contributed by atoms with Gasteiger partial charge in [-0.05, 0) is 42.8 Å². The van der Waals surface area contributed by atoms with Crippen molar-refractivity contribution in [2.24, 2.45) is 0 Å². The molecule has 170 valence electrons. The van der Waals surface area contributed by atoms with Crippen molar-refractivity contribution in [1.82, 2.24) is 15.1 Å². The summed E-state index contributed by atoms with van der Waals surface area (Å²) in [6.07, 6.45) is 4.31. The van der Waals surface area contributed by atoms with E-state index in [-0.39, 0.29) is 5.91 Å². The molecule has 3 aromatic rings. The number of nitrogens with zero attached hydrogens (tertiary/aromatic N) is 2. The van der Waals surface area contributed by atoms with Gasteiger partial charge in [-0.1, -0.05) is 49.4 Å². The third-order valence-corrected chi connectivity index (χ3v) is 5.83. The smallest absolute Gasteiger partial charge is 0.270 e. The fraction of sp³-hybridized carbons (Fsp3) is 0.333. The van der Waals surface area contributed by atoms with Crippen molar-refractivity contribution >= 4 is 29.1 Å². The first-order valence-corrected chi connectivity index (χ1v) is 11.3. The number of benzene rings is 2. The molecule has 2 aromatic carbocycles. The van der Waals surface area contributed by atoms with Gasteiger partial charge in [-0.15, -0.1) is 0 Å². The number of nitrogens with one attached hydrogen (secondary N) is 1. The van der Waals surface area contributed by atoms with Crippen LogP contribution in [0, 0.1) is 0 Å². The molecular weight excluding hydrogens is 449 g/mol. The molecular formula is C24H27Cl2N3O3. The molecule has 0 radical (unpaired) electrons. The van der Waals surface area contributed by atoms with Gasteiger partial charge in [0, 0.05) is 18.2 Å². The lowest BCUT2D eigenvalue weighted by molar-refractivity contribution is 0.0945. The maximum absolute atomic E-state index is 13.0. The number of carbonyl (C=O) groups excluding carboxylic acids is 1. The summed E-state index contributed by atoms with van der Waals surface area (Å²) in [7, 11) is 3.18. The quantitative estimate of drug-likeness (QED) is 0.355. The standard InChI is InChI=1S/C24H27Cl2N3O3/c1-4-5-6-7-12-27-24(30)22-15-21(18-10-9-17(31-2)14-23(18)32-3)28-29(22)16-8-11-19(25)20(26)13-16/h8-11,13-15H,4-7,12H2,1-3H3,(H,27,30). The summed E-state index contributed by atoms with van der Waals surface area (Å²) in [6.45, 7) is 2.76. The first-order chi connectivity index (χ1) is 15.5. The van der Waals surface area contributed by atoms with E-state index in [9.17, 15) is 4.79 Å². The van der Waals surface area contributed by atoms with Gasteiger partial charge in [-0.2, -0.15) is 5.10 Å². The minimum atomic E-state index is -0.209. The Morgan fingerprint density at radius 2 is 1.81 bits per heavy atom. The molecule has 0 aliphatic heterocycles. The van der Waals surface area contributed by atoms with Gasteiger partial charge in [-0.3, -0.25) is 4.79 Å². The molecule has 0 unspecified atom stereocenters. The van der Waals surface area contributed by atoms with Crippen LogP contribution in [0.25, 0.3) is 16.9 Å². The number of ether oxygens (including phenoxy) is 2. The van der Waals surface area contributed by atoms with Crippen molar-refractivity contribution in [2.45, 2.75) is 32.6 Å². The van der Waals surface area contributed by atoms with Crippen LogP contribution in [0.5, 0.6) is 11.5 Å². The summed E-state index contributed by atoms with van der Waals surface area (Å²) >= 11 is 12.3. The topological polar surface area (TPSA) is 65.4 Å². The second-order valence-corrected chi connectivity index (χ2v) is 8.12. The highest BCUT2D eigenvalue weighted by Gasteiger charge is 2.20. The van der Waals surface area contributed by atoms with Gasteiger partial charge in [0.1, 0.15) is 17.2 Å². The lowest BCUT2D eigenvalue weighted by Gasteiger charge is -2.09. The minimum Gasteiger partial charge on any atom is -0.497 e. The minimum absolute atomic E-state index is 0.209. The summed E-state index contributed by atoms with van der Waals surface area (Å²) < 4.78 is 12.4. The van der Waals surface area contributed by atoms with E-state index in [1.165, 1.54) is 0 Å². The van der Waals surface area contributed by atoms with Crippen molar-refractivity contribution in [3.63, 3.8) is 0 Å². The molecule has 0 saturated carbocycles. The molecule has 1 heterocycles. The van der Waals surface area contributed by atoms with Crippen molar-refractivity contribution < 1.29 is 14.3 Å². The zero-order valence-corrected chi connectivity index (χ0v) is 20.0. The summed E-state index contributed by atoms with van der Waals surface area (Å²) in [5.74, 6) is 1.05. The monoisotopic (exact) mass is 475 g/mol. The van der Waals surface area contributed by atoms with E-state index in [4.69, 9.17) is 37.8 Å². The van der Waals surface area contributed by atoms with E-state index < -0.39 is 0 Å². The third-order valence-electron chi connectivity index (χ3n) is 5.09. The highest BCUT2D eigenvalue weighted by molar-refractivity contribution is 6.42. The van der Waals surface area contributed by atoms with Gasteiger partial charge in [0.05, 0.1) is 35.6 Å². The zero-order chi connectivity index (χ0) is 23.1. The van der Waals surface area contributed by atoms with Crippen LogP contribution in [0.15, 0.2) is 42.5 Å². The average molecular weight is 476 g/mol. The second-order valence-electron chi connectivity index (χ2n) is 7.31. The Morgan fingerprint density at radius 3 is 2.50 bits per heavy atom. The van der Waals surface area contributed by atoms with Crippen molar-refractivity contribution in [1.29, 1.82) is 0 Å². The molecule has 0 spiro atoms. The van der Waals surface area contributed by atoms with E-state index in [1.54, 1.807) is 49.2 Å². The summed E-state index contributed by atoms with van der Waals surface area (Å²) in [6, 6.07) is 12.3. The van der Waals surface area contributed by atoms with E-state index in [0.717, 1.165) is 31.2 Å². The molecule has 0 aliphatic carbocycles. The number of hydrogen-bond donors (Lipinski definition) is 1. The van der Waals surface area contributed by atoms with E-state index in [0.29, 0.717) is 45.2 Å². The largest absolute Gasteiger partial charge is 0.497 e. The van der Waals surface area contributed by atoms with Gasteiger partial charge in [0.15, 0.2) is 0 Å². The van der Waals surface area contributed by atoms with Gasteiger partial charge in [-0.25, -0.2) is 4.68 Å². The number of unbranched alkanes of at least 4 members (excludes halogenated alkanes) is 3. The number of rotatable bonds is 10. The predicted octanol–water partition coefficient (Wildman–Crippen LogP) is 6.17. The van der Waals surface area contributed by atoms with Crippen LogP contribution >= 0.6 is 23.2 Å². The molecule has 32 heavy (non-hydrogen) atoms. The lowest BCUT2D eigenvalue weighted by Crippen LogP contribution is -2.26. The fourth-order valence-electron chi connectivity index (χ4n) is 3.34. The number of aromatic nitrogens is 2. The van der Waals surface area contributed by atoms with Crippen molar-refractivity contribution in [2.75, 3.05) is 20.8 Å². The van der Waals surface area contributed by atoms with Crippen molar-refractivity contribution in [3.05, 3.63) is 58.2 Å². The van der Waals surface area contributed by atoms with Crippen LogP contribution in [0.4, 0.5) is 0 Å². The Bertz CT molecular complexity index is 1080. The number of amides is 1.